The Morgan fingerprint density at radius 2 is 1.58 bits per heavy atom. The monoisotopic (exact) mass is 484 g/mol. The van der Waals surface area contributed by atoms with E-state index in [1.165, 1.54) is 26.2 Å². The number of nitrogens with zero attached hydrogens (tertiary/aromatic N) is 2. The van der Waals surface area contributed by atoms with Crippen LogP contribution < -0.4 is 14.4 Å². The molecule has 0 spiro atoms. The van der Waals surface area contributed by atoms with E-state index >= 15 is 0 Å². The molecule has 1 amide bonds. The van der Waals surface area contributed by atoms with Gasteiger partial charge in [-0.15, -0.1) is 0 Å². The molecule has 0 aliphatic rings. The minimum absolute atomic E-state index is 0.0199. The van der Waals surface area contributed by atoms with Crippen molar-refractivity contribution in [3.8, 4) is 22.6 Å². The Kier molecular flexibility index (Phi) is 6.96. The molecule has 0 saturated heterocycles. The number of non-ortho nitro benzene ring substituents is 1. The molecule has 0 aliphatic carbocycles. The van der Waals surface area contributed by atoms with E-state index in [0.717, 1.165) is 10.8 Å². The van der Waals surface area contributed by atoms with Gasteiger partial charge >= 0.3 is 5.97 Å². The van der Waals surface area contributed by atoms with Crippen molar-refractivity contribution < 1.29 is 24.0 Å². The average Bonchev–Trinajstić information content (AvgIpc) is 2.88. The van der Waals surface area contributed by atoms with Gasteiger partial charge in [-0.25, -0.2) is 0 Å². The fraction of sp³-hybridized carbons (Fsp3) is 0.143. The molecule has 8 nitrogen and oxygen atoms in total. The molecule has 0 aromatic heterocycles. The number of carbonyl (C=O) groups excluding carboxylic acids is 2. The zero-order valence-corrected chi connectivity index (χ0v) is 20.1. The second-order valence-corrected chi connectivity index (χ2v) is 8.03. The summed E-state index contributed by atoms with van der Waals surface area (Å²) >= 11 is 0. The number of methoxy groups -OCH3 is 1. The number of benzene rings is 4. The minimum atomic E-state index is -0.521. The smallest absolute Gasteiger partial charge is 0.308 e. The second-order valence-electron chi connectivity index (χ2n) is 8.03. The van der Waals surface area contributed by atoms with Crippen LogP contribution in [0.4, 0.5) is 11.4 Å². The van der Waals surface area contributed by atoms with E-state index in [4.69, 9.17) is 9.47 Å². The van der Waals surface area contributed by atoms with E-state index in [1.54, 1.807) is 47.4 Å². The number of esters is 1. The van der Waals surface area contributed by atoms with Crippen LogP contribution in [0.15, 0.2) is 78.9 Å². The Morgan fingerprint density at radius 3 is 2.17 bits per heavy atom. The first-order chi connectivity index (χ1) is 17.3. The lowest BCUT2D eigenvalue weighted by Gasteiger charge is -2.24. The molecule has 182 valence electrons. The quantitative estimate of drug-likeness (QED) is 0.138. The predicted molar refractivity (Wildman–Crippen MR) is 138 cm³/mol. The van der Waals surface area contributed by atoms with Crippen LogP contribution in [0.2, 0.25) is 0 Å². The van der Waals surface area contributed by atoms with Crippen molar-refractivity contribution in [2.24, 2.45) is 0 Å². The van der Waals surface area contributed by atoms with E-state index in [9.17, 15) is 19.7 Å². The third-order valence-electron chi connectivity index (χ3n) is 5.78. The molecular weight excluding hydrogens is 460 g/mol. The molecular formula is C28H24N2O6. The molecule has 4 aromatic carbocycles. The Labute approximate surface area is 207 Å². The van der Waals surface area contributed by atoms with Gasteiger partial charge in [0.15, 0.2) is 0 Å². The molecule has 4 aromatic rings. The number of anilines is 1. The number of nitro benzene ring substituents is 1. The van der Waals surface area contributed by atoms with Crippen LogP contribution in [0.3, 0.4) is 0 Å². The molecule has 0 N–H and O–H groups in total. The summed E-state index contributed by atoms with van der Waals surface area (Å²) in [7, 11) is 1.53. The normalized spacial score (nSPS) is 10.6. The Hall–Kier alpha value is -4.72. The van der Waals surface area contributed by atoms with Crippen LogP contribution in [0.5, 0.6) is 11.5 Å². The van der Waals surface area contributed by atoms with Crippen LogP contribution in [-0.2, 0) is 4.79 Å². The lowest BCUT2D eigenvalue weighted by molar-refractivity contribution is -0.384. The van der Waals surface area contributed by atoms with E-state index in [2.05, 4.69) is 0 Å². The third kappa shape index (κ3) is 4.88. The van der Waals surface area contributed by atoms with Crippen LogP contribution in [-0.4, -0.2) is 30.5 Å². The highest BCUT2D eigenvalue weighted by Gasteiger charge is 2.23. The number of carbonyl (C=O) groups is 2. The lowest BCUT2D eigenvalue weighted by atomic mass is 10.0. The molecule has 4 rings (SSSR count). The fourth-order valence-electron chi connectivity index (χ4n) is 4.07. The van der Waals surface area contributed by atoms with Crippen molar-refractivity contribution in [1.29, 1.82) is 0 Å². The van der Waals surface area contributed by atoms with Crippen LogP contribution in [0, 0.1) is 10.1 Å². The fourth-order valence-corrected chi connectivity index (χ4v) is 4.07. The largest absolute Gasteiger partial charge is 0.496 e. The van der Waals surface area contributed by atoms with Crippen LogP contribution in [0.1, 0.15) is 24.2 Å². The summed E-state index contributed by atoms with van der Waals surface area (Å²) in [4.78, 5) is 37.7. The first-order valence-corrected chi connectivity index (χ1v) is 11.3. The topological polar surface area (TPSA) is 99.0 Å². The lowest BCUT2D eigenvalue weighted by Crippen LogP contribution is -2.31. The molecule has 0 unspecified atom stereocenters. The highest BCUT2D eigenvalue weighted by atomic mass is 16.6. The van der Waals surface area contributed by atoms with Gasteiger partial charge in [0.1, 0.15) is 11.5 Å². The van der Waals surface area contributed by atoms with Gasteiger partial charge in [0, 0.05) is 36.9 Å². The van der Waals surface area contributed by atoms with Gasteiger partial charge in [0.25, 0.3) is 11.6 Å². The number of ether oxygens (including phenoxy) is 2. The van der Waals surface area contributed by atoms with Crippen LogP contribution >= 0.6 is 0 Å². The number of hydrogen-bond donors (Lipinski definition) is 0. The summed E-state index contributed by atoms with van der Waals surface area (Å²) in [6.07, 6.45) is 0. The van der Waals surface area contributed by atoms with Crippen molar-refractivity contribution >= 4 is 34.0 Å². The Bertz CT molecular complexity index is 1460. The van der Waals surface area contributed by atoms with Crippen molar-refractivity contribution in [2.75, 3.05) is 18.6 Å². The van der Waals surface area contributed by atoms with Crippen molar-refractivity contribution in [1.82, 2.24) is 0 Å². The second kappa shape index (κ2) is 10.3. The van der Waals surface area contributed by atoms with Gasteiger partial charge in [-0.3, -0.25) is 19.7 Å². The predicted octanol–water partition coefficient (Wildman–Crippen LogP) is 6.02. The Morgan fingerprint density at radius 1 is 0.917 bits per heavy atom. The van der Waals surface area contributed by atoms with Gasteiger partial charge in [0.05, 0.1) is 17.6 Å². The van der Waals surface area contributed by atoms with Crippen molar-refractivity contribution in [2.45, 2.75) is 13.8 Å². The van der Waals surface area contributed by atoms with Gasteiger partial charge in [-0.05, 0) is 65.7 Å². The summed E-state index contributed by atoms with van der Waals surface area (Å²) in [5.41, 5.74) is 2.22. The number of rotatable bonds is 7. The number of hydrogen-bond acceptors (Lipinski definition) is 6. The van der Waals surface area contributed by atoms with E-state index in [0.29, 0.717) is 29.1 Å². The summed E-state index contributed by atoms with van der Waals surface area (Å²) in [6, 6.07) is 22.4. The maximum Gasteiger partial charge on any atom is 0.308 e. The molecule has 0 radical (unpaired) electrons. The number of fused-ring (bicyclic) bond motifs is 1. The molecule has 36 heavy (non-hydrogen) atoms. The average molecular weight is 485 g/mol. The molecule has 0 fully saturated rings. The summed E-state index contributed by atoms with van der Waals surface area (Å²) in [6.45, 7) is 3.48. The molecule has 0 saturated carbocycles. The molecule has 0 atom stereocenters. The zero-order chi connectivity index (χ0) is 25.8. The first-order valence-electron chi connectivity index (χ1n) is 11.3. The maximum absolute atomic E-state index is 13.8. The zero-order valence-electron chi connectivity index (χ0n) is 20.1. The Balaban J connectivity index is 1.79. The molecule has 0 bridgehead atoms. The third-order valence-corrected chi connectivity index (χ3v) is 5.78. The first kappa shape index (κ1) is 24.4. The summed E-state index contributed by atoms with van der Waals surface area (Å²) in [5.74, 6) is -0.109. The maximum atomic E-state index is 13.8. The molecule has 0 heterocycles. The van der Waals surface area contributed by atoms with Gasteiger partial charge in [0.2, 0.25) is 0 Å². The van der Waals surface area contributed by atoms with Gasteiger partial charge in [-0.2, -0.15) is 0 Å². The van der Waals surface area contributed by atoms with E-state index in [-0.39, 0.29) is 22.9 Å². The molecule has 0 aliphatic heterocycles. The van der Waals surface area contributed by atoms with Crippen molar-refractivity contribution in [3.63, 3.8) is 0 Å². The minimum Gasteiger partial charge on any atom is -0.496 e. The van der Waals surface area contributed by atoms with Crippen LogP contribution in [0.25, 0.3) is 21.9 Å². The van der Waals surface area contributed by atoms with Crippen molar-refractivity contribution in [3.05, 3.63) is 94.5 Å². The van der Waals surface area contributed by atoms with Gasteiger partial charge in [-0.1, -0.05) is 24.3 Å². The van der Waals surface area contributed by atoms with Gasteiger partial charge < -0.3 is 14.4 Å². The summed E-state index contributed by atoms with van der Waals surface area (Å²) < 4.78 is 10.9. The number of nitro groups is 1. The standard InChI is InChI=1S/C28H24N2O6/c1-4-29(28(32)25-15-20-7-5-6-8-21(20)16-27(25)36-18(2)31)23-13-14-26(35-3)24(17-23)19-9-11-22(12-10-19)30(33)34/h5-17H,4H2,1-3H3. The summed E-state index contributed by atoms with van der Waals surface area (Å²) in [5, 5.41) is 12.7. The molecule has 8 heteroatoms. The van der Waals surface area contributed by atoms with E-state index < -0.39 is 10.9 Å². The number of amides is 1. The highest BCUT2D eigenvalue weighted by molar-refractivity contribution is 6.10. The SMILES string of the molecule is CCN(C(=O)c1cc2ccccc2cc1OC(C)=O)c1ccc(OC)c(-c2ccc([N+](=O)[O-])cc2)c1. The van der Waals surface area contributed by atoms with E-state index in [1.807, 2.05) is 31.2 Å². The highest BCUT2D eigenvalue weighted by Crippen LogP contribution is 2.36.